The molecule has 168 valence electrons. The molecular formula is C22H29FN4O3S. The van der Waals surface area contributed by atoms with Gasteiger partial charge in [-0.05, 0) is 49.4 Å². The molecular weight excluding hydrogens is 419 g/mol. The highest BCUT2D eigenvalue weighted by atomic mass is 32.2. The van der Waals surface area contributed by atoms with Crippen LogP contribution in [-0.4, -0.2) is 76.9 Å². The maximum atomic E-state index is 13.9. The molecule has 1 fully saturated rings. The van der Waals surface area contributed by atoms with E-state index < -0.39 is 10.0 Å². The molecule has 0 saturated carbocycles. The number of carbonyl (C=O) groups is 1. The van der Waals surface area contributed by atoms with Gasteiger partial charge in [-0.25, -0.2) is 17.1 Å². The van der Waals surface area contributed by atoms with Gasteiger partial charge in [0.05, 0.1) is 10.6 Å². The molecule has 3 rings (SSSR count). The van der Waals surface area contributed by atoms with E-state index in [2.05, 4.69) is 15.1 Å². The summed E-state index contributed by atoms with van der Waals surface area (Å²) < 4.78 is 39.2. The summed E-state index contributed by atoms with van der Waals surface area (Å²) in [6, 6.07) is 12.8. The normalized spacial score (nSPS) is 15.3. The minimum absolute atomic E-state index is 0.156. The first kappa shape index (κ1) is 23.2. The summed E-state index contributed by atoms with van der Waals surface area (Å²) in [7, 11) is -0.569. The fraction of sp³-hybridized carbons (Fsp3) is 0.409. The Kier molecular flexibility index (Phi) is 7.64. The van der Waals surface area contributed by atoms with Gasteiger partial charge in [-0.1, -0.05) is 12.1 Å². The Hall–Kier alpha value is -2.49. The number of amides is 1. The van der Waals surface area contributed by atoms with Crippen LogP contribution in [-0.2, 0) is 10.0 Å². The lowest BCUT2D eigenvalue weighted by atomic mass is 10.2. The summed E-state index contributed by atoms with van der Waals surface area (Å²) >= 11 is 0. The van der Waals surface area contributed by atoms with Crippen LogP contribution in [0.4, 0.5) is 10.1 Å². The standard InChI is InChI=1S/C22H29FN4O3S/c1-25(2)31(29,30)19-10-8-18(9-11-19)22(28)24-12-5-13-26-14-16-27(17-15-26)21-7-4-3-6-20(21)23/h3-4,6-11H,5,12-17H2,1-2H3,(H,24,28). The molecule has 0 aliphatic carbocycles. The van der Waals surface area contributed by atoms with Crippen LogP contribution in [0.15, 0.2) is 53.4 Å². The fourth-order valence-electron chi connectivity index (χ4n) is 3.52. The molecule has 0 aromatic heterocycles. The van der Waals surface area contributed by atoms with Crippen LogP contribution in [0.1, 0.15) is 16.8 Å². The maximum Gasteiger partial charge on any atom is 0.251 e. The van der Waals surface area contributed by atoms with Gasteiger partial charge in [-0.3, -0.25) is 9.69 Å². The summed E-state index contributed by atoms with van der Waals surface area (Å²) in [6.07, 6.45) is 0.804. The Bertz CT molecular complexity index is 988. The van der Waals surface area contributed by atoms with Crippen molar-refractivity contribution in [1.29, 1.82) is 0 Å². The molecule has 2 aromatic rings. The SMILES string of the molecule is CN(C)S(=O)(=O)c1ccc(C(=O)NCCCN2CCN(c3ccccc3F)CC2)cc1. The zero-order valence-electron chi connectivity index (χ0n) is 17.9. The molecule has 7 nitrogen and oxygen atoms in total. The Morgan fingerprint density at radius 2 is 1.68 bits per heavy atom. The van der Waals surface area contributed by atoms with Crippen molar-refractivity contribution in [2.24, 2.45) is 0 Å². The predicted molar refractivity (Wildman–Crippen MR) is 119 cm³/mol. The first-order valence-electron chi connectivity index (χ1n) is 10.3. The zero-order valence-corrected chi connectivity index (χ0v) is 18.7. The van der Waals surface area contributed by atoms with Crippen LogP contribution in [0.3, 0.4) is 0 Å². The predicted octanol–water partition coefficient (Wildman–Crippen LogP) is 2.02. The van der Waals surface area contributed by atoms with Crippen molar-refractivity contribution in [3.8, 4) is 0 Å². The molecule has 0 unspecified atom stereocenters. The Morgan fingerprint density at radius 1 is 1.03 bits per heavy atom. The minimum Gasteiger partial charge on any atom is -0.367 e. The lowest BCUT2D eigenvalue weighted by Crippen LogP contribution is -2.47. The van der Waals surface area contributed by atoms with Crippen LogP contribution in [0.2, 0.25) is 0 Å². The molecule has 31 heavy (non-hydrogen) atoms. The maximum absolute atomic E-state index is 13.9. The molecule has 1 N–H and O–H groups in total. The van der Waals surface area contributed by atoms with Gasteiger partial charge in [0.15, 0.2) is 0 Å². The van der Waals surface area contributed by atoms with E-state index in [1.807, 2.05) is 12.1 Å². The number of carbonyl (C=O) groups excluding carboxylic acids is 1. The van der Waals surface area contributed by atoms with E-state index in [1.165, 1.54) is 44.4 Å². The average Bonchev–Trinajstić information content (AvgIpc) is 2.77. The van der Waals surface area contributed by atoms with Crippen LogP contribution in [0.5, 0.6) is 0 Å². The van der Waals surface area contributed by atoms with Crippen molar-refractivity contribution >= 4 is 21.6 Å². The molecule has 2 aromatic carbocycles. The van der Waals surface area contributed by atoms with Crippen LogP contribution in [0, 0.1) is 5.82 Å². The van der Waals surface area contributed by atoms with E-state index in [-0.39, 0.29) is 16.6 Å². The van der Waals surface area contributed by atoms with Crippen molar-refractivity contribution in [3.05, 3.63) is 59.9 Å². The summed E-state index contributed by atoms with van der Waals surface area (Å²) in [4.78, 5) is 16.8. The highest BCUT2D eigenvalue weighted by Gasteiger charge is 2.19. The van der Waals surface area contributed by atoms with E-state index in [0.717, 1.165) is 43.4 Å². The van der Waals surface area contributed by atoms with E-state index in [0.29, 0.717) is 17.8 Å². The number of halogens is 1. The summed E-state index contributed by atoms with van der Waals surface area (Å²) in [6.45, 7) is 4.63. The number of hydrogen-bond acceptors (Lipinski definition) is 5. The van der Waals surface area contributed by atoms with Gasteiger partial charge in [0.2, 0.25) is 10.0 Å². The van der Waals surface area contributed by atoms with Crippen molar-refractivity contribution in [2.75, 3.05) is 58.3 Å². The largest absolute Gasteiger partial charge is 0.367 e. The van der Waals surface area contributed by atoms with Gasteiger partial charge < -0.3 is 10.2 Å². The number of anilines is 1. The summed E-state index contributed by atoms with van der Waals surface area (Å²) in [5.74, 6) is -0.413. The second-order valence-electron chi connectivity index (χ2n) is 7.70. The zero-order chi connectivity index (χ0) is 22.4. The van der Waals surface area contributed by atoms with E-state index in [9.17, 15) is 17.6 Å². The number of nitrogens with one attached hydrogen (secondary N) is 1. The third kappa shape index (κ3) is 5.81. The molecule has 1 amide bonds. The fourth-order valence-corrected chi connectivity index (χ4v) is 4.42. The monoisotopic (exact) mass is 448 g/mol. The molecule has 1 saturated heterocycles. The molecule has 1 heterocycles. The van der Waals surface area contributed by atoms with Crippen LogP contribution >= 0.6 is 0 Å². The van der Waals surface area contributed by atoms with Crippen LogP contribution < -0.4 is 10.2 Å². The number of hydrogen-bond donors (Lipinski definition) is 1. The van der Waals surface area contributed by atoms with Gasteiger partial charge in [-0.15, -0.1) is 0 Å². The molecule has 0 atom stereocenters. The molecule has 0 spiro atoms. The van der Waals surface area contributed by atoms with Crippen molar-refractivity contribution < 1.29 is 17.6 Å². The minimum atomic E-state index is -3.51. The smallest absolute Gasteiger partial charge is 0.251 e. The highest BCUT2D eigenvalue weighted by molar-refractivity contribution is 7.89. The number of nitrogens with zero attached hydrogens (tertiary/aromatic N) is 3. The second-order valence-corrected chi connectivity index (χ2v) is 9.85. The molecule has 0 bridgehead atoms. The summed E-state index contributed by atoms with van der Waals surface area (Å²) in [5, 5.41) is 2.88. The number of rotatable bonds is 8. The molecule has 1 aliphatic heterocycles. The summed E-state index contributed by atoms with van der Waals surface area (Å²) in [5.41, 5.74) is 1.08. The Morgan fingerprint density at radius 3 is 2.29 bits per heavy atom. The number of para-hydroxylation sites is 1. The average molecular weight is 449 g/mol. The molecule has 9 heteroatoms. The number of piperazine rings is 1. The van der Waals surface area contributed by atoms with Gasteiger partial charge in [0, 0.05) is 52.4 Å². The third-order valence-electron chi connectivity index (χ3n) is 5.40. The molecule has 0 radical (unpaired) electrons. The Labute approximate surface area is 183 Å². The van der Waals surface area contributed by atoms with E-state index in [1.54, 1.807) is 6.07 Å². The second kappa shape index (κ2) is 10.2. The first-order chi connectivity index (χ1) is 14.8. The van der Waals surface area contributed by atoms with Gasteiger partial charge in [-0.2, -0.15) is 0 Å². The first-order valence-corrected chi connectivity index (χ1v) is 11.8. The lowest BCUT2D eigenvalue weighted by Gasteiger charge is -2.36. The quantitative estimate of drug-likeness (QED) is 0.626. The van der Waals surface area contributed by atoms with Gasteiger partial charge >= 0.3 is 0 Å². The number of sulfonamides is 1. The van der Waals surface area contributed by atoms with Crippen molar-refractivity contribution in [1.82, 2.24) is 14.5 Å². The lowest BCUT2D eigenvalue weighted by molar-refractivity contribution is 0.0951. The van der Waals surface area contributed by atoms with Gasteiger partial charge in [0.1, 0.15) is 5.82 Å². The number of benzene rings is 2. The topological polar surface area (TPSA) is 73.0 Å². The van der Waals surface area contributed by atoms with Crippen LogP contribution in [0.25, 0.3) is 0 Å². The molecule has 1 aliphatic rings. The van der Waals surface area contributed by atoms with Crippen molar-refractivity contribution in [2.45, 2.75) is 11.3 Å². The highest BCUT2D eigenvalue weighted by Crippen LogP contribution is 2.20. The Balaban J connectivity index is 1.39. The van der Waals surface area contributed by atoms with E-state index in [4.69, 9.17) is 0 Å². The third-order valence-corrected chi connectivity index (χ3v) is 7.23. The van der Waals surface area contributed by atoms with Gasteiger partial charge in [0.25, 0.3) is 5.91 Å². The van der Waals surface area contributed by atoms with Crippen molar-refractivity contribution in [3.63, 3.8) is 0 Å². The van der Waals surface area contributed by atoms with E-state index >= 15 is 0 Å².